The summed E-state index contributed by atoms with van der Waals surface area (Å²) in [5.41, 5.74) is 1.76. The van der Waals surface area contributed by atoms with Crippen molar-refractivity contribution in [2.75, 3.05) is 40.3 Å². The third-order valence-electron chi connectivity index (χ3n) is 5.33. The van der Waals surface area contributed by atoms with Crippen LogP contribution in [0.2, 0.25) is 0 Å². The minimum Gasteiger partial charge on any atom is -0.469 e. The third kappa shape index (κ3) is 6.32. The van der Waals surface area contributed by atoms with E-state index in [0.717, 1.165) is 18.1 Å². The van der Waals surface area contributed by atoms with Gasteiger partial charge < -0.3 is 19.9 Å². The Morgan fingerprint density at radius 2 is 1.83 bits per heavy atom. The van der Waals surface area contributed by atoms with E-state index in [4.69, 9.17) is 4.74 Å². The van der Waals surface area contributed by atoms with Crippen LogP contribution in [0.1, 0.15) is 36.7 Å². The van der Waals surface area contributed by atoms with Crippen molar-refractivity contribution in [3.05, 3.63) is 35.4 Å². The molecule has 0 saturated carbocycles. The SMILES string of the molecule is CCN(CC)C(=O)c1ccc(CNC(=NC)N2CC(C)C(C(=O)OC)C2)cc1.I. The van der Waals surface area contributed by atoms with Crippen LogP contribution in [-0.4, -0.2) is 68.0 Å². The highest BCUT2D eigenvalue weighted by Crippen LogP contribution is 2.24. The number of carbonyl (C=O) groups is 2. The van der Waals surface area contributed by atoms with E-state index in [9.17, 15) is 9.59 Å². The molecule has 7 nitrogen and oxygen atoms in total. The molecule has 1 amide bonds. The first-order valence-electron chi connectivity index (χ1n) is 9.86. The molecule has 1 heterocycles. The quantitative estimate of drug-likeness (QED) is 0.273. The van der Waals surface area contributed by atoms with Crippen molar-refractivity contribution in [3.63, 3.8) is 0 Å². The topological polar surface area (TPSA) is 74.2 Å². The first kappa shape index (κ1) is 25.2. The summed E-state index contributed by atoms with van der Waals surface area (Å²) in [7, 11) is 3.17. The van der Waals surface area contributed by atoms with Gasteiger partial charge in [0, 0.05) is 45.3 Å². The Kier molecular flexibility index (Phi) is 10.4. The number of carbonyl (C=O) groups excluding carboxylic acids is 2. The number of nitrogens with zero attached hydrogens (tertiary/aromatic N) is 3. The maximum atomic E-state index is 12.4. The number of aliphatic imine (C=N–C) groups is 1. The lowest BCUT2D eigenvalue weighted by molar-refractivity contribution is -0.145. The van der Waals surface area contributed by atoms with Gasteiger partial charge in [0.25, 0.3) is 5.91 Å². The molecule has 1 fully saturated rings. The van der Waals surface area contributed by atoms with Gasteiger partial charge in [0.1, 0.15) is 0 Å². The van der Waals surface area contributed by atoms with E-state index in [2.05, 4.69) is 22.1 Å². The van der Waals surface area contributed by atoms with Crippen molar-refractivity contribution in [2.24, 2.45) is 16.8 Å². The summed E-state index contributed by atoms with van der Waals surface area (Å²) in [5, 5.41) is 3.35. The molecule has 1 aliphatic rings. The lowest BCUT2D eigenvalue weighted by atomic mass is 9.99. The summed E-state index contributed by atoms with van der Waals surface area (Å²) in [6, 6.07) is 7.65. The number of likely N-dealkylation sites (tertiary alicyclic amines) is 1. The lowest BCUT2D eigenvalue weighted by Crippen LogP contribution is -2.40. The molecule has 1 aromatic carbocycles. The van der Waals surface area contributed by atoms with E-state index in [-0.39, 0.29) is 47.7 Å². The van der Waals surface area contributed by atoms with Crippen LogP contribution >= 0.6 is 24.0 Å². The summed E-state index contributed by atoms with van der Waals surface area (Å²) >= 11 is 0. The summed E-state index contributed by atoms with van der Waals surface area (Å²) in [5.74, 6) is 0.742. The molecule has 0 bridgehead atoms. The van der Waals surface area contributed by atoms with E-state index in [0.29, 0.717) is 31.7 Å². The summed E-state index contributed by atoms with van der Waals surface area (Å²) in [6.07, 6.45) is 0. The largest absolute Gasteiger partial charge is 0.469 e. The van der Waals surface area contributed by atoms with Gasteiger partial charge in [-0.2, -0.15) is 0 Å². The van der Waals surface area contributed by atoms with Gasteiger partial charge in [-0.05, 0) is 37.5 Å². The van der Waals surface area contributed by atoms with Gasteiger partial charge in [-0.15, -0.1) is 24.0 Å². The predicted molar refractivity (Wildman–Crippen MR) is 126 cm³/mol. The van der Waals surface area contributed by atoms with Crippen molar-refractivity contribution < 1.29 is 14.3 Å². The molecule has 2 unspecified atom stereocenters. The van der Waals surface area contributed by atoms with Crippen molar-refractivity contribution in [1.82, 2.24) is 15.1 Å². The van der Waals surface area contributed by atoms with Crippen molar-refractivity contribution in [2.45, 2.75) is 27.3 Å². The first-order chi connectivity index (χ1) is 13.4. The maximum Gasteiger partial charge on any atom is 0.310 e. The van der Waals surface area contributed by atoms with Gasteiger partial charge in [-0.1, -0.05) is 19.1 Å². The zero-order valence-electron chi connectivity index (χ0n) is 18.0. The summed E-state index contributed by atoms with van der Waals surface area (Å²) < 4.78 is 4.90. The molecule has 1 saturated heterocycles. The number of nitrogens with one attached hydrogen (secondary N) is 1. The second-order valence-corrected chi connectivity index (χ2v) is 7.09. The van der Waals surface area contributed by atoms with E-state index < -0.39 is 0 Å². The van der Waals surface area contributed by atoms with Crippen molar-refractivity contribution >= 4 is 41.8 Å². The Balaban J connectivity index is 0.00000420. The Bertz CT molecular complexity index is 704. The number of amides is 1. The molecule has 1 aliphatic heterocycles. The van der Waals surface area contributed by atoms with E-state index >= 15 is 0 Å². The first-order valence-corrected chi connectivity index (χ1v) is 9.86. The molecule has 0 spiro atoms. The molecule has 2 atom stereocenters. The molecule has 8 heteroatoms. The van der Waals surface area contributed by atoms with Crippen LogP contribution in [0.25, 0.3) is 0 Å². The highest BCUT2D eigenvalue weighted by molar-refractivity contribution is 14.0. The van der Waals surface area contributed by atoms with Crippen LogP contribution < -0.4 is 5.32 Å². The van der Waals surface area contributed by atoms with Crippen LogP contribution in [0.4, 0.5) is 0 Å². The van der Waals surface area contributed by atoms with Gasteiger partial charge in [0.15, 0.2) is 5.96 Å². The van der Waals surface area contributed by atoms with Crippen LogP contribution in [0, 0.1) is 11.8 Å². The Hall–Kier alpha value is -1.84. The second-order valence-electron chi connectivity index (χ2n) is 7.09. The van der Waals surface area contributed by atoms with E-state index in [1.54, 1.807) is 11.9 Å². The van der Waals surface area contributed by atoms with Gasteiger partial charge in [0.2, 0.25) is 0 Å². The molecule has 162 valence electrons. The number of ether oxygens (including phenoxy) is 1. The molecule has 0 radical (unpaired) electrons. The molecule has 1 aromatic rings. The fraction of sp³-hybridized carbons (Fsp3) is 0.571. The van der Waals surface area contributed by atoms with E-state index in [1.165, 1.54) is 7.11 Å². The highest BCUT2D eigenvalue weighted by atomic mass is 127. The normalized spacial score (nSPS) is 18.8. The van der Waals surface area contributed by atoms with Crippen LogP contribution in [0.15, 0.2) is 29.3 Å². The van der Waals surface area contributed by atoms with Crippen LogP contribution in [0.5, 0.6) is 0 Å². The number of guanidine groups is 1. The molecule has 1 N–H and O–H groups in total. The second kappa shape index (κ2) is 12.0. The lowest BCUT2D eigenvalue weighted by Gasteiger charge is -2.22. The minimum absolute atomic E-state index is 0. The van der Waals surface area contributed by atoms with E-state index in [1.807, 2.05) is 38.1 Å². The minimum atomic E-state index is -0.168. The van der Waals surface area contributed by atoms with Crippen molar-refractivity contribution in [1.29, 1.82) is 0 Å². The molecule has 0 aliphatic carbocycles. The van der Waals surface area contributed by atoms with Gasteiger partial charge in [0.05, 0.1) is 13.0 Å². The smallest absolute Gasteiger partial charge is 0.310 e. The number of esters is 1. The number of hydrogen-bond donors (Lipinski definition) is 1. The molecule has 2 rings (SSSR count). The average Bonchev–Trinajstić information content (AvgIpc) is 3.10. The Morgan fingerprint density at radius 3 is 2.34 bits per heavy atom. The zero-order chi connectivity index (χ0) is 20.7. The average molecular weight is 516 g/mol. The molecular formula is C21H33IN4O3. The number of rotatable bonds is 6. The third-order valence-corrected chi connectivity index (χ3v) is 5.33. The molecular weight excluding hydrogens is 483 g/mol. The van der Waals surface area contributed by atoms with Gasteiger partial charge in [-0.25, -0.2) is 0 Å². The van der Waals surface area contributed by atoms with Gasteiger partial charge in [-0.3, -0.25) is 14.6 Å². The fourth-order valence-electron chi connectivity index (χ4n) is 3.57. The number of hydrogen-bond acceptors (Lipinski definition) is 4. The maximum absolute atomic E-state index is 12.4. The molecule has 0 aromatic heterocycles. The fourth-order valence-corrected chi connectivity index (χ4v) is 3.57. The van der Waals surface area contributed by atoms with Gasteiger partial charge >= 0.3 is 5.97 Å². The predicted octanol–water partition coefficient (Wildman–Crippen LogP) is 2.60. The van der Waals surface area contributed by atoms with Crippen LogP contribution in [0.3, 0.4) is 0 Å². The molecule has 29 heavy (non-hydrogen) atoms. The Labute approximate surface area is 190 Å². The van der Waals surface area contributed by atoms with Crippen molar-refractivity contribution in [3.8, 4) is 0 Å². The van der Waals surface area contributed by atoms with Crippen LogP contribution in [-0.2, 0) is 16.1 Å². The monoisotopic (exact) mass is 516 g/mol. The summed E-state index contributed by atoms with van der Waals surface area (Å²) in [6.45, 7) is 9.39. The Morgan fingerprint density at radius 1 is 1.21 bits per heavy atom. The number of benzene rings is 1. The summed E-state index contributed by atoms with van der Waals surface area (Å²) in [4.78, 5) is 32.5. The standard InChI is InChI=1S/C21H32N4O3.HI/c1-6-24(7-2)19(26)17-10-8-16(9-11-17)12-23-21(22-4)25-13-15(3)18(14-25)20(27)28-5;/h8-11,15,18H,6-7,12-14H2,1-5H3,(H,22,23);1H. The zero-order valence-corrected chi connectivity index (χ0v) is 20.3. The highest BCUT2D eigenvalue weighted by Gasteiger charge is 2.36. The number of methoxy groups -OCH3 is 1. The number of halogens is 1.